The molecule has 0 aromatic carbocycles. The summed E-state index contributed by atoms with van der Waals surface area (Å²) in [5, 5.41) is 5.56. The topological polar surface area (TPSA) is 54.0 Å². The molecule has 0 aliphatic carbocycles. The van der Waals surface area contributed by atoms with Gasteiger partial charge >= 0.3 is 0 Å². The van der Waals surface area contributed by atoms with Crippen molar-refractivity contribution in [3.63, 3.8) is 0 Å². The molecular formula is C6H10N4. The monoisotopic (exact) mass is 138 g/mol. The lowest BCUT2D eigenvalue weighted by Crippen LogP contribution is -2.29. The van der Waals surface area contributed by atoms with Crippen molar-refractivity contribution in [2.45, 2.75) is 6.92 Å². The van der Waals surface area contributed by atoms with E-state index in [1.54, 1.807) is 12.1 Å². The van der Waals surface area contributed by atoms with Crippen molar-refractivity contribution in [2.75, 3.05) is 7.05 Å². The zero-order chi connectivity index (χ0) is 7.72. The number of hydrazone groups is 1. The SMILES string of the molecule is C=C1N=C(C)N(C)N=C1N. The molecule has 0 aromatic heterocycles. The van der Waals surface area contributed by atoms with Crippen molar-refractivity contribution < 1.29 is 0 Å². The first kappa shape index (κ1) is 6.80. The van der Waals surface area contributed by atoms with Crippen LogP contribution in [-0.4, -0.2) is 23.7 Å². The van der Waals surface area contributed by atoms with Gasteiger partial charge in [-0.3, -0.25) is 5.01 Å². The molecule has 54 valence electrons. The van der Waals surface area contributed by atoms with Crippen LogP contribution in [0.25, 0.3) is 0 Å². The van der Waals surface area contributed by atoms with Crippen molar-refractivity contribution in [2.24, 2.45) is 15.8 Å². The Kier molecular flexibility index (Phi) is 1.45. The first-order valence-electron chi connectivity index (χ1n) is 2.93. The number of nitrogens with zero attached hydrogens (tertiary/aromatic N) is 3. The maximum absolute atomic E-state index is 5.43. The van der Waals surface area contributed by atoms with Gasteiger partial charge in [-0.1, -0.05) is 6.58 Å². The molecule has 0 aromatic rings. The van der Waals surface area contributed by atoms with Crippen LogP contribution >= 0.6 is 0 Å². The van der Waals surface area contributed by atoms with E-state index in [4.69, 9.17) is 5.73 Å². The highest BCUT2D eigenvalue weighted by molar-refractivity contribution is 6.01. The van der Waals surface area contributed by atoms with Crippen LogP contribution in [0.15, 0.2) is 22.4 Å². The van der Waals surface area contributed by atoms with Gasteiger partial charge in [-0.2, -0.15) is 5.10 Å². The highest BCUT2D eigenvalue weighted by atomic mass is 15.5. The van der Waals surface area contributed by atoms with Gasteiger partial charge in [-0.25, -0.2) is 4.99 Å². The van der Waals surface area contributed by atoms with E-state index in [1.807, 2.05) is 6.92 Å². The fourth-order valence-corrected chi connectivity index (χ4v) is 0.617. The lowest BCUT2D eigenvalue weighted by Gasteiger charge is -2.17. The highest BCUT2D eigenvalue weighted by Crippen LogP contribution is 2.03. The van der Waals surface area contributed by atoms with Crippen LogP contribution in [0.2, 0.25) is 0 Å². The molecule has 1 rings (SSSR count). The quantitative estimate of drug-likeness (QED) is 0.517. The van der Waals surface area contributed by atoms with Gasteiger partial charge in [-0.05, 0) is 6.92 Å². The van der Waals surface area contributed by atoms with Gasteiger partial charge in [0.1, 0.15) is 11.5 Å². The van der Waals surface area contributed by atoms with Crippen molar-refractivity contribution >= 4 is 11.7 Å². The second kappa shape index (κ2) is 2.13. The van der Waals surface area contributed by atoms with Crippen LogP contribution in [0.1, 0.15) is 6.92 Å². The molecule has 4 nitrogen and oxygen atoms in total. The predicted molar refractivity (Wildman–Crippen MR) is 41.6 cm³/mol. The van der Waals surface area contributed by atoms with E-state index in [-0.39, 0.29) is 0 Å². The van der Waals surface area contributed by atoms with Gasteiger partial charge in [-0.15, -0.1) is 0 Å². The third-order valence-corrected chi connectivity index (χ3v) is 1.32. The van der Waals surface area contributed by atoms with Crippen molar-refractivity contribution in [3.05, 3.63) is 12.3 Å². The molecule has 0 fully saturated rings. The van der Waals surface area contributed by atoms with Crippen LogP contribution < -0.4 is 5.73 Å². The molecule has 0 saturated carbocycles. The van der Waals surface area contributed by atoms with E-state index >= 15 is 0 Å². The average molecular weight is 138 g/mol. The van der Waals surface area contributed by atoms with Gasteiger partial charge in [0.15, 0.2) is 5.84 Å². The minimum atomic E-state index is 0.383. The molecule has 10 heavy (non-hydrogen) atoms. The number of hydrogen-bond acceptors (Lipinski definition) is 4. The highest BCUT2D eigenvalue weighted by Gasteiger charge is 2.09. The maximum Gasteiger partial charge on any atom is 0.169 e. The summed E-state index contributed by atoms with van der Waals surface area (Å²) in [6.45, 7) is 5.46. The van der Waals surface area contributed by atoms with Gasteiger partial charge in [0.25, 0.3) is 0 Å². The molecule has 1 aliphatic rings. The Balaban J connectivity index is 2.92. The molecule has 0 spiro atoms. The van der Waals surface area contributed by atoms with E-state index in [2.05, 4.69) is 16.7 Å². The Labute approximate surface area is 59.7 Å². The van der Waals surface area contributed by atoms with Crippen LogP contribution in [0, 0.1) is 0 Å². The molecule has 0 amide bonds. The lowest BCUT2D eigenvalue weighted by molar-refractivity contribution is 0.533. The van der Waals surface area contributed by atoms with E-state index in [0.29, 0.717) is 11.5 Å². The summed E-state index contributed by atoms with van der Waals surface area (Å²) in [6.07, 6.45) is 0. The fraction of sp³-hybridized carbons (Fsp3) is 0.333. The standard InChI is InChI=1S/C6H10N4/c1-4-6(7)9-10(3)5(2)8-4/h1H2,2-3H3,(H2,7,9). The van der Waals surface area contributed by atoms with Gasteiger partial charge < -0.3 is 5.73 Å². The predicted octanol–water partition coefficient (Wildman–Crippen LogP) is 0.136. The molecule has 0 atom stereocenters. The minimum Gasteiger partial charge on any atom is -0.380 e. The summed E-state index contributed by atoms with van der Waals surface area (Å²) in [5.74, 6) is 1.19. The third-order valence-electron chi connectivity index (χ3n) is 1.32. The smallest absolute Gasteiger partial charge is 0.169 e. The van der Waals surface area contributed by atoms with Gasteiger partial charge in [0.2, 0.25) is 0 Å². The summed E-state index contributed by atoms with van der Waals surface area (Å²) in [4.78, 5) is 4.04. The summed E-state index contributed by atoms with van der Waals surface area (Å²) in [6, 6.07) is 0. The summed E-state index contributed by atoms with van der Waals surface area (Å²) >= 11 is 0. The van der Waals surface area contributed by atoms with E-state index in [9.17, 15) is 0 Å². The number of hydrogen-bond donors (Lipinski definition) is 1. The van der Waals surface area contributed by atoms with Crippen molar-refractivity contribution in [1.29, 1.82) is 0 Å². The van der Waals surface area contributed by atoms with Crippen LogP contribution in [-0.2, 0) is 0 Å². The Morgan fingerprint density at radius 3 is 2.70 bits per heavy atom. The Hall–Kier alpha value is -1.32. The third kappa shape index (κ3) is 1.00. The van der Waals surface area contributed by atoms with Crippen LogP contribution in [0.3, 0.4) is 0 Å². The molecule has 0 radical (unpaired) electrons. The molecule has 4 heteroatoms. The number of amidine groups is 2. The molecule has 1 heterocycles. The Bertz CT molecular complexity index is 226. The summed E-state index contributed by atoms with van der Waals surface area (Å²) in [7, 11) is 1.79. The van der Waals surface area contributed by atoms with Crippen molar-refractivity contribution in [3.8, 4) is 0 Å². The molecule has 2 N–H and O–H groups in total. The Morgan fingerprint density at radius 2 is 2.20 bits per heavy atom. The number of rotatable bonds is 0. The second-order valence-electron chi connectivity index (χ2n) is 2.11. The molecule has 0 bridgehead atoms. The molecular weight excluding hydrogens is 128 g/mol. The fourth-order valence-electron chi connectivity index (χ4n) is 0.617. The summed E-state index contributed by atoms with van der Waals surface area (Å²) in [5.41, 5.74) is 5.97. The Morgan fingerprint density at radius 1 is 1.60 bits per heavy atom. The average Bonchev–Trinajstić information content (AvgIpc) is 1.84. The van der Waals surface area contributed by atoms with Gasteiger partial charge in [0.05, 0.1) is 0 Å². The number of aliphatic imine (C=N–C) groups is 1. The second-order valence-corrected chi connectivity index (χ2v) is 2.11. The van der Waals surface area contributed by atoms with E-state index in [1.165, 1.54) is 0 Å². The van der Waals surface area contributed by atoms with Gasteiger partial charge in [0, 0.05) is 7.05 Å². The first-order valence-corrected chi connectivity index (χ1v) is 2.93. The van der Waals surface area contributed by atoms with Crippen LogP contribution in [0.4, 0.5) is 0 Å². The summed E-state index contributed by atoms with van der Waals surface area (Å²) < 4.78 is 0. The molecule has 0 unspecified atom stereocenters. The first-order chi connectivity index (χ1) is 4.61. The maximum atomic E-state index is 5.43. The van der Waals surface area contributed by atoms with Crippen LogP contribution in [0.5, 0.6) is 0 Å². The normalized spacial score (nSPS) is 18.6. The largest absolute Gasteiger partial charge is 0.380 e. The zero-order valence-corrected chi connectivity index (χ0v) is 6.13. The number of nitrogens with two attached hydrogens (primary N) is 1. The molecule has 0 saturated heterocycles. The molecule has 1 aliphatic heterocycles. The van der Waals surface area contributed by atoms with Crippen molar-refractivity contribution in [1.82, 2.24) is 5.01 Å². The lowest BCUT2D eigenvalue weighted by atomic mass is 10.4. The van der Waals surface area contributed by atoms with E-state index < -0.39 is 0 Å². The minimum absolute atomic E-state index is 0.383. The zero-order valence-electron chi connectivity index (χ0n) is 6.13. The van der Waals surface area contributed by atoms with E-state index in [0.717, 1.165) is 5.84 Å².